The fourth-order valence-electron chi connectivity index (χ4n) is 2.20. The monoisotopic (exact) mass is 189 g/mol. The zero-order valence-electron chi connectivity index (χ0n) is 7.34. The first-order chi connectivity index (χ1) is 5.52. The molecule has 12 heavy (non-hydrogen) atoms. The molecule has 4 heteroatoms. The van der Waals surface area contributed by atoms with E-state index in [1.165, 1.54) is 25.5 Å². The van der Waals surface area contributed by atoms with Crippen LogP contribution in [0, 0.1) is 0 Å². The Morgan fingerprint density at radius 2 is 2.08 bits per heavy atom. The van der Waals surface area contributed by atoms with Gasteiger partial charge in [-0.3, -0.25) is 0 Å². The first-order valence-corrected chi connectivity index (χ1v) is 6.41. The van der Waals surface area contributed by atoms with Crippen molar-refractivity contribution in [3.05, 3.63) is 0 Å². The summed E-state index contributed by atoms with van der Waals surface area (Å²) in [5.74, 6) is 0. The third-order valence-corrected chi connectivity index (χ3v) is 4.78. The average Bonchev–Trinajstić information content (AvgIpc) is 2.26. The molecule has 3 nitrogen and oxygen atoms in total. The molecule has 1 spiro atoms. The minimum Gasteiger partial charge on any atom is -0.310 e. The molecular weight excluding hydrogens is 174 g/mol. The second kappa shape index (κ2) is 2.45. The lowest BCUT2D eigenvalue weighted by atomic mass is 9.76. The quantitative estimate of drug-likeness (QED) is 0.646. The standard InChI is InChI=1S/C8H15NO2S/c1-12(10,11)7-5-8(9-6-7)3-2-4-8/h7,9H,2-6H2,1H3. The SMILES string of the molecule is CS(=O)(=O)C1CNC2(CCC2)C1. The van der Waals surface area contributed by atoms with E-state index in [0.717, 1.165) is 6.42 Å². The van der Waals surface area contributed by atoms with Crippen LogP contribution in [-0.2, 0) is 9.84 Å². The average molecular weight is 189 g/mol. The smallest absolute Gasteiger partial charge is 0.151 e. The summed E-state index contributed by atoms with van der Waals surface area (Å²) in [7, 11) is -2.81. The van der Waals surface area contributed by atoms with E-state index >= 15 is 0 Å². The number of nitrogens with one attached hydrogen (secondary N) is 1. The molecule has 0 aromatic heterocycles. The van der Waals surface area contributed by atoms with Gasteiger partial charge in [-0.05, 0) is 25.7 Å². The van der Waals surface area contributed by atoms with Gasteiger partial charge in [0.25, 0.3) is 0 Å². The van der Waals surface area contributed by atoms with Crippen LogP contribution in [0.15, 0.2) is 0 Å². The van der Waals surface area contributed by atoms with Gasteiger partial charge in [0.2, 0.25) is 0 Å². The highest BCUT2D eigenvalue weighted by molar-refractivity contribution is 7.91. The van der Waals surface area contributed by atoms with Crippen molar-refractivity contribution >= 4 is 9.84 Å². The van der Waals surface area contributed by atoms with E-state index in [4.69, 9.17) is 0 Å². The van der Waals surface area contributed by atoms with Crippen LogP contribution in [0.3, 0.4) is 0 Å². The molecule has 70 valence electrons. The first kappa shape index (κ1) is 8.51. The maximum absolute atomic E-state index is 11.2. The summed E-state index contributed by atoms with van der Waals surface area (Å²) in [5, 5.41) is 3.22. The second-order valence-corrected chi connectivity index (χ2v) is 6.50. The van der Waals surface area contributed by atoms with Gasteiger partial charge in [-0.15, -0.1) is 0 Å². The molecule has 1 saturated carbocycles. The Labute approximate surface area is 73.5 Å². The predicted molar refractivity (Wildman–Crippen MR) is 47.8 cm³/mol. The molecular formula is C8H15NO2S. The maximum atomic E-state index is 11.2. The van der Waals surface area contributed by atoms with Crippen LogP contribution in [0.4, 0.5) is 0 Å². The lowest BCUT2D eigenvalue weighted by molar-refractivity contribution is 0.216. The molecule has 1 unspecified atom stereocenters. The summed E-state index contributed by atoms with van der Waals surface area (Å²) in [5.41, 5.74) is 0.216. The predicted octanol–water partition coefficient (Wildman–Crippen LogP) is 0.316. The summed E-state index contributed by atoms with van der Waals surface area (Å²) < 4.78 is 22.4. The van der Waals surface area contributed by atoms with Crippen molar-refractivity contribution in [1.29, 1.82) is 0 Å². The van der Waals surface area contributed by atoms with Crippen molar-refractivity contribution in [2.75, 3.05) is 12.8 Å². The molecule has 0 radical (unpaired) electrons. The van der Waals surface area contributed by atoms with Crippen LogP contribution in [0.25, 0.3) is 0 Å². The zero-order valence-corrected chi connectivity index (χ0v) is 8.15. The van der Waals surface area contributed by atoms with Crippen LogP contribution in [0.5, 0.6) is 0 Å². The van der Waals surface area contributed by atoms with Crippen LogP contribution in [0.2, 0.25) is 0 Å². The van der Waals surface area contributed by atoms with Crippen molar-refractivity contribution < 1.29 is 8.42 Å². The zero-order chi connectivity index (χ0) is 8.82. The summed E-state index contributed by atoms with van der Waals surface area (Å²) in [6, 6.07) is 0. The fraction of sp³-hybridized carbons (Fsp3) is 1.00. The lowest BCUT2D eigenvalue weighted by Gasteiger charge is -2.38. The van der Waals surface area contributed by atoms with Crippen molar-refractivity contribution in [2.24, 2.45) is 0 Å². The molecule has 2 rings (SSSR count). The van der Waals surface area contributed by atoms with E-state index in [0.29, 0.717) is 6.54 Å². The molecule has 2 aliphatic rings. The van der Waals surface area contributed by atoms with E-state index in [2.05, 4.69) is 5.32 Å². The molecule has 1 N–H and O–H groups in total. The van der Waals surface area contributed by atoms with Crippen molar-refractivity contribution in [3.8, 4) is 0 Å². The number of hydrogen-bond donors (Lipinski definition) is 1. The minimum absolute atomic E-state index is 0.127. The maximum Gasteiger partial charge on any atom is 0.151 e. The van der Waals surface area contributed by atoms with Crippen LogP contribution < -0.4 is 5.32 Å². The Bertz CT molecular complexity index is 279. The van der Waals surface area contributed by atoms with Gasteiger partial charge >= 0.3 is 0 Å². The van der Waals surface area contributed by atoms with Gasteiger partial charge in [-0.25, -0.2) is 8.42 Å². The van der Waals surface area contributed by atoms with Crippen LogP contribution >= 0.6 is 0 Å². The van der Waals surface area contributed by atoms with Crippen LogP contribution in [-0.4, -0.2) is 32.0 Å². The molecule has 1 saturated heterocycles. The molecule has 1 atom stereocenters. The van der Waals surface area contributed by atoms with E-state index in [9.17, 15) is 8.42 Å². The van der Waals surface area contributed by atoms with E-state index < -0.39 is 9.84 Å². The summed E-state index contributed by atoms with van der Waals surface area (Å²) in [4.78, 5) is 0. The van der Waals surface area contributed by atoms with Gasteiger partial charge < -0.3 is 5.32 Å². The van der Waals surface area contributed by atoms with Gasteiger partial charge in [0, 0.05) is 18.3 Å². The van der Waals surface area contributed by atoms with Gasteiger partial charge in [-0.2, -0.15) is 0 Å². The Balaban J connectivity index is 2.08. The summed E-state index contributed by atoms with van der Waals surface area (Å²) in [6.07, 6.45) is 5.77. The van der Waals surface area contributed by atoms with Crippen molar-refractivity contribution in [2.45, 2.75) is 36.5 Å². The molecule has 1 heterocycles. The highest BCUT2D eigenvalue weighted by atomic mass is 32.2. The molecule has 0 aromatic rings. The number of rotatable bonds is 1. The topological polar surface area (TPSA) is 46.2 Å². The van der Waals surface area contributed by atoms with Gasteiger partial charge in [0.1, 0.15) is 0 Å². The number of sulfone groups is 1. The highest BCUT2D eigenvalue weighted by Gasteiger charge is 2.45. The minimum atomic E-state index is -2.81. The Morgan fingerprint density at radius 3 is 2.33 bits per heavy atom. The molecule has 0 aromatic carbocycles. The summed E-state index contributed by atoms with van der Waals surface area (Å²) >= 11 is 0. The normalized spacial score (nSPS) is 33.6. The van der Waals surface area contributed by atoms with Crippen LogP contribution in [0.1, 0.15) is 25.7 Å². The van der Waals surface area contributed by atoms with Crippen molar-refractivity contribution in [3.63, 3.8) is 0 Å². The van der Waals surface area contributed by atoms with Gasteiger partial charge in [0.05, 0.1) is 5.25 Å². The van der Waals surface area contributed by atoms with E-state index in [1.54, 1.807) is 0 Å². The highest BCUT2D eigenvalue weighted by Crippen LogP contribution is 2.40. The molecule has 1 aliphatic heterocycles. The molecule has 1 aliphatic carbocycles. The number of hydrogen-bond acceptors (Lipinski definition) is 3. The Morgan fingerprint density at radius 1 is 1.42 bits per heavy atom. The third-order valence-electron chi connectivity index (χ3n) is 3.24. The van der Waals surface area contributed by atoms with Gasteiger partial charge in [-0.1, -0.05) is 0 Å². The first-order valence-electron chi connectivity index (χ1n) is 4.46. The van der Waals surface area contributed by atoms with Crippen molar-refractivity contribution in [1.82, 2.24) is 5.32 Å². The second-order valence-electron chi connectivity index (χ2n) is 4.17. The van der Waals surface area contributed by atoms with E-state index in [-0.39, 0.29) is 10.8 Å². The molecule has 2 fully saturated rings. The Kier molecular flexibility index (Phi) is 1.74. The molecule has 0 bridgehead atoms. The largest absolute Gasteiger partial charge is 0.310 e. The van der Waals surface area contributed by atoms with Gasteiger partial charge in [0.15, 0.2) is 9.84 Å². The molecule has 0 amide bonds. The third kappa shape index (κ3) is 1.27. The Hall–Kier alpha value is -0.0900. The van der Waals surface area contributed by atoms with E-state index in [1.807, 2.05) is 0 Å². The summed E-state index contributed by atoms with van der Waals surface area (Å²) in [6.45, 7) is 0.666. The fourth-order valence-corrected chi connectivity index (χ4v) is 3.21. The lowest BCUT2D eigenvalue weighted by Crippen LogP contribution is -2.45.